The Morgan fingerprint density at radius 1 is 1.45 bits per heavy atom. The number of carbonyl (C=O) groups excluding carboxylic acids is 1. The summed E-state index contributed by atoms with van der Waals surface area (Å²) in [6.07, 6.45) is 5.25. The lowest BCUT2D eigenvalue weighted by atomic mass is 10.0. The largest absolute Gasteiger partial charge is 0.318 e. The normalized spacial score (nSPS) is 19.6. The zero-order chi connectivity index (χ0) is 14.2. The molecule has 0 saturated carbocycles. The first kappa shape index (κ1) is 14.7. The molecule has 1 amide bonds. The molecular formula is C14H23N5O. The van der Waals surface area contributed by atoms with Crippen LogP contribution in [0.25, 0.3) is 0 Å². The molecule has 1 aromatic rings. The maximum atomic E-state index is 12.0. The Morgan fingerprint density at radius 2 is 2.35 bits per heavy atom. The maximum absolute atomic E-state index is 12.0. The predicted molar refractivity (Wildman–Crippen MR) is 79.1 cm³/mol. The minimum Gasteiger partial charge on any atom is -0.318 e. The number of nitrogens with zero attached hydrogens (tertiary/aromatic N) is 2. The van der Waals surface area contributed by atoms with E-state index in [1.54, 1.807) is 6.20 Å². The van der Waals surface area contributed by atoms with Crippen molar-refractivity contribution in [1.82, 2.24) is 20.6 Å². The molecule has 3 N–H and O–H groups in total. The number of hydrogen-bond acceptors (Lipinski definition) is 5. The quantitative estimate of drug-likeness (QED) is 0.664. The van der Waals surface area contributed by atoms with E-state index in [1.165, 1.54) is 12.8 Å². The highest BCUT2D eigenvalue weighted by molar-refractivity contribution is 5.79. The van der Waals surface area contributed by atoms with Gasteiger partial charge in [-0.15, -0.1) is 0 Å². The van der Waals surface area contributed by atoms with Crippen molar-refractivity contribution >= 4 is 11.7 Å². The average molecular weight is 277 g/mol. The molecule has 1 saturated heterocycles. The van der Waals surface area contributed by atoms with E-state index in [0.717, 1.165) is 19.5 Å². The van der Waals surface area contributed by atoms with E-state index in [-0.39, 0.29) is 5.91 Å². The summed E-state index contributed by atoms with van der Waals surface area (Å²) in [4.78, 5) is 18.3. The number of aromatic nitrogens is 1. The second kappa shape index (κ2) is 7.81. The van der Waals surface area contributed by atoms with Crippen molar-refractivity contribution in [3.8, 4) is 0 Å². The lowest BCUT2D eigenvalue weighted by Gasteiger charge is -2.35. The summed E-state index contributed by atoms with van der Waals surface area (Å²) in [5, 5.41) is 3.20. The van der Waals surface area contributed by atoms with Crippen LogP contribution in [0.2, 0.25) is 0 Å². The zero-order valence-electron chi connectivity index (χ0n) is 11.9. The molecule has 0 radical (unpaired) electrons. The van der Waals surface area contributed by atoms with Gasteiger partial charge in [0.1, 0.15) is 5.82 Å². The number of nitrogens with one attached hydrogen (secondary N) is 3. The molecule has 6 nitrogen and oxygen atoms in total. The first-order chi connectivity index (χ1) is 9.79. The predicted octanol–water partition coefficient (Wildman–Crippen LogP) is 0.599. The topological polar surface area (TPSA) is 69.3 Å². The molecule has 6 heteroatoms. The van der Waals surface area contributed by atoms with E-state index < -0.39 is 0 Å². The molecule has 110 valence electrons. The third-order valence-corrected chi connectivity index (χ3v) is 3.53. The summed E-state index contributed by atoms with van der Waals surface area (Å²) < 4.78 is 0. The molecule has 0 spiro atoms. The molecule has 0 aliphatic carbocycles. The number of pyridine rings is 1. The van der Waals surface area contributed by atoms with Gasteiger partial charge < -0.3 is 5.32 Å². The Bertz CT molecular complexity index is 409. The Labute approximate surface area is 119 Å². The fourth-order valence-corrected chi connectivity index (χ4v) is 2.53. The summed E-state index contributed by atoms with van der Waals surface area (Å²) in [7, 11) is 1.95. The summed E-state index contributed by atoms with van der Waals surface area (Å²) in [5.41, 5.74) is 5.52. The summed E-state index contributed by atoms with van der Waals surface area (Å²) in [6.45, 7) is 2.34. The van der Waals surface area contributed by atoms with Gasteiger partial charge in [-0.3, -0.25) is 20.5 Å². The third kappa shape index (κ3) is 4.47. The number of likely N-dealkylation sites (tertiary alicyclic amines) is 1. The number of anilines is 1. The van der Waals surface area contributed by atoms with Crippen molar-refractivity contribution < 1.29 is 4.79 Å². The highest BCUT2D eigenvalue weighted by Crippen LogP contribution is 2.15. The molecule has 1 fully saturated rings. The molecule has 1 aliphatic heterocycles. The van der Waals surface area contributed by atoms with Crippen LogP contribution < -0.4 is 16.2 Å². The first-order valence-electron chi connectivity index (χ1n) is 7.14. The Balaban J connectivity index is 1.78. The van der Waals surface area contributed by atoms with Crippen LogP contribution in [0.15, 0.2) is 24.4 Å². The molecule has 1 unspecified atom stereocenters. The van der Waals surface area contributed by atoms with Crippen LogP contribution in [0.4, 0.5) is 5.82 Å². The highest BCUT2D eigenvalue weighted by atomic mass is 16.2. The number of hydrogen-bond donors (Lipinski definition) is 3. The highest BCUT2D eigenvalue weighted by Gasteiger charge is 2.23. The fraction of sp³-hybridized carbons (Fsp3) is 0.571. The Kier molecular flexibility index (Phi) is 5.76. The standard InChI is InChI=1S/C14H23N5O/c1-15-10-12-6-3-5-9-19(12)11-14(20)18-17-13-7-2-4-8-16-13/h2,4,7-8,12,15H,3,5-6,9-11H2,1H3,(H,16,17)(H,18,20). The number of amides is 1. The van der Waals surface area contributed by atoms with Crippen molar-refractivity contribution in [3.05, 3.63) is 24.4 Å². The number of hydrazine groups is 1. The number of rotatable bonds is 6. The molecule has 20 heavy (non-hydrogen) atoms. The van der Waals surface area contributed by atoms with E-state index in [0.29, 0.717) is 18.4 Å². The maximum Gasteiger partial charge on any atom is 0.252 e. The third-order valence-electron chi connectivity index (χ3n) is 3.53. The summed E-state index contributed by atoms with van der Waals surface area (Å²) in [5.74, 6) is 0.616. The molecule has 1 aromatic heterocycles. The molecule has 2 heterocycles. The van der Waals surface area contributed by atoms with Gasteiger partial charge in [0, 0.05) is 18.8 Å². The van der Waals surface area contributed by atoms with Gasteiger partial charge in [-0.2, -0.15) is 0 Å². The van der Waals surface area contributed by atoms with E-state index in [9.17, 15) is 4.79 Å². The van der Waals surface area contributed by atoms with Crippen LogP contribution >= 0.6 is 0 Å². The van der Waals surface area contributed by atoms with Gasteiger partial charge in [-0.05, 0) is 38.6 Å². The van der Waals surface area contributed by atoms with Crippen LogP contribution in [-0.2, 0) is 4.79 Å². The minimum atomic E-state index is -0.0290. The molecule has 2 rings (SSSR count). The van der Waals surface area contributed by atoms with Crippen molar-refractivity contribution in [2.45, 2.75) is 25.3 Å². The smallest absolute Gasteiger partial charge is 0.252 e. The van der Waals surface area contributed by atoms with Gasteiger partial charge in [0.05, 0.1) is 6.54 Å². The van der Waals surface area contributed by atoms with Crippen molar-refractivity contribution in [2.24, 2.45) is 0 Å². The van der Waals surface area contributed by atoms with Crippen LogP contribution in [0.5, 0.6) is 0 Å². The first-order valence-corrected chi connectivity index (χ1v) is 7.14. The summed E-state index contributed by atoms with van der Waals surface area (Å²) in [6, 6.07) is 5.97. The van der Waals surface area contributed by atoms with Gasteiger partial charge in [0.15, 0.2) is 0 Å². The summed E-state index contributed by atoms with van der Waals surface area (Å²) >= 11 is 0. The number of likely N-dealkylation sites (N-methyl/N-ethyl adjacent to an activating group) is 1. The van der Waals surface area contributed by atoms with Crippen LogP contribution in [0.3, 0.4) is 0 Å². The van der Waals surface area contributed by atoms with Crippen molar-refractivity contribution in [2.75, 3.05) is 32.1 Å². The molecular weight excluding hydrogens is 254 g/mol. The van der Waals surface area contributed by atoms with E-state index in [1.807, 2.05) is 25.2 Å². The van der Waals surface area contributed by atoms with Crippen LogP contribution in [0, 0.1) is 0 Å². The second-order valence-electron chi connectivity index (χ2n) is 5.07. The van der Waals surface area contributed by atoms with Crippen LogP contribution in [-0.4, -0.2) is 48.5 Å². The van der Waals surface area contributed by atoms with Gasteiger partial charge in [-0.25, -0.2) is 4.98 Å². The molecule has 1 atom stereocenters. The zero-order valence-corrected chi connectivity index (χ0v) is 11.9. The van der Waals surface area contributed by atoms with Gasteiger partial charge in [0.25, 0.3) is 5.91 Å². The van der Waals surface area contributed by atoms with Crippen LogP contribution in [0.1, 0.15) is 19.3 Å². The lowest BCUT2D eigenvalue weighted by Crippen LogP contribution is -2.49. The van der Waals surface area contributed by atoms with E-state index in [4.69, 9.17) is 0 Å². The monoisotopic (exact) mass is 277 g/mol. The molecule has 1 aliphatic rings. The van der Waals surface area contributed by atoms with Crippen molar-refractivity contribution in [3.63, 3.8) is 0 Å². The van der Waals surface area contributed by atoms with Gasteiger partial charge in [0.2, 0.25) is 0 Å². The Hall–Kier alpha value is -1.66. The minimum absolute atomic E-state index is 0.0290. The lowest BCUT2D eigenvalue weighted by molar-refractivity contribution is -0.122. The number of carbonyl (C=O) groups is 1. The Morgan fingerprint density at radius 3 is 3.10 bits per heavy atom. The fourth-order valence-electron chi connectivity index (χ4n) is 2.53. The van der Waals surface area contributed by atoms with E-state index in [2.05, 4.69) is 26.1 Å². The SMILES string of the molecule is CNCC1CCCCN1CC(=O)NNc1ccccn1. The van der Waals surface area contributed by atoms with Gasteiger partial charge in [-0.1, -0.05) is 12.5 Å². The van der Waals surface area contributed by atoms with E-state index >= 15 is 0 Å². The molecule has 0 aromatic carbocycles. The van der Waals surface area contributed by atoms with Crippen molar-refractivity contribution in [1.29, 1.82) is 0 Å². The van der Waals surface area contributed by atoms with Gasteiger partial charge >= 0.3 is 0 Å². The number of piperidine rings is 1. The average Bonchev–Trinajstić information content (AvgIpc) is 2.49. The molecule has 0 bridgehead atoms. The second-order valence-corrected chi connectivity index (χ2v) is 5.07.